The summed E-state index contributed by atoms with van der Waals surface area (Å²) in [6.45, 7) is 3.22. The third kappa shape index (κ3) is 5.87. The molecule has 0 saturated heterocycles. The van der Waals surface area contributed by atoms with E-state index >= 15 is 0 Å². The monoisotopic (exact) mass is 411 g/mol. The Bertz CT molecular complexity index is 928. The molecule has 2 unspecified atom stereocenters. The summed E-state index contributed by atoms with van der Waals surface area (Å²) in [5.74, 6) is -0.930. The molecule has 0 bridgehead atoms. The molecule has 6 nitrogen and oxygen atoms in total. The quantitative estimate of drug-likeness (QED) is 0.498. The van der Waals surface area contributed by atoms with Crippen molar-refractivity contribution in [3.63, 3.8) is 0 Å². The molecule has 0 fully saturated rings. The number of aliphatic hydroxyl groups is 1. The van der Waals surface area contributed by atoms with Crippen molar-refractivity contribution >= 4 is 22.4 Å². The molecule has 0 aliphatic carbocycles. The molecule has 3 aromatic rings. The molecule has 0 aliphatic heterocycles. The molecular weight excluding hydrogens is 386 g/mol. The van der Waals surface area contributed by atoms with Gasteiger partial charge in [0.1, 0.15) is 6.10 Å². The van der Waals surface area contributed by atoms with Crippen molar-refractivity contribution in [3.05, 3.63) is 82.4 Å². The predicted octanol–water partition coefficient (Wildman–Crippen LogP) is 3.59. The number of aliphatic hydroxyl groups excluding tert-OH is 1. The molecule has 1 aromatic heterocycles. The van der Waals surface area contributed by atoms with E-state index < -0.39 is 12.1 Å². The lowest BCUT2D eigenvalue weighted by molar-refractivity contribution is 0.0696. The van der Waals surface area contributed by atoms with Crippen LogP contribution in [0.2, 0.25) is 0 Å². The maximum Gasteiger partial charge on any atom is 0.335 e. The number of carboxylic acid groups (broad SMARTS) is 1. The van der Waals surface area contributed by atoms with Gasteiger partial charge < -0.3 is 15.9 Å². The van der Waals surface area contributed by atoms with E-state index in [2.05, 4.69) is 28.9 Å². The fraction of sp³-hybridized carbons (Fsp3) is 0.273. The summed E-state index contributed by atoms with van der Waals surface area (Å²) in [7, 11) is 0. The van der Waals surface area contributed by atoms with Gasteiger partial charge in [-0.25, -0.2) is 9.78 Å². The van der Waals surface area contributed by atoms with Gasteiger partial charge in [0.25, 0.3) is 0 Å². The molecule has 0 saturated carbocycles. The second kappa shape index (κ2) is 9.65. The Labute approximate surface area is 174 Å². The number of anilines is 1. The van der Waals surface area contributed by atoms with E-state index in [9.17, 15) is 9.90 Å². The largest absolute Gasteiger partial charge is 0.478 e. The summed E-state index contributed by atoms with van der Waals surface area (Å²) in [5, 5.41) is 22.0. The highest BCUT2D eigenvalue weighted by atomic mass is 32.1. The Morgan fingerprint density at radius 1 is 1.14 bits per heavy atom. The standard InChI is InChI=1S/C22H25N3O3S/c1-15(11-16-7-9-18(10-8-16)21(27)28)25(12-17-5-3-2-4-6-17)13-20(26)19-14-29-22(23)24-19/h2-10,14-15,20,26H,11-13H2,1H3,(H2,23,24)(H,27,28). The van der Waals surface area contributed by atoms with Crippen LogP contribution in [-0.2, 0) is 13.0 Å². The highest BCUT2D eigenvalue weighted by molar-refractivity contribution is 7.13. The van der Waals surface area contributed by atoms with Crippen LogP contribution in [0.4, 0.5) is 5.13 Å². The average Bonchev–Trinajstić information content (AvgIpc) is 3.15. The van der Waals surface area contributed by atoms with Crippen LogP contribution in [0, 0.1) is 0 Å². The Balaban J connectivity index is 1.74. The van der Waals surface area contributed by atoms with Gasteiger partial charge in [-0.3, -0.25) is 4.90 Å². The topological polar surface area (TPSA) is 99.7 Å². The molecule has 3 rings (SSSR count). The Morgan fingerprint density at radius 2 is 1.83 bits per heavy atom. The lowest BCUT2D eigenvalue weighted by atomic mass is 10.0. The van der Waals surface area contributed by atoms with Crippen molar-refractivity contribution < 1.29 is 15.0 Å². The number of carboxylic acids is 1. The minimum Gasteiger partial charge on any atom is -0.478 e. The minimum atomic E-state index is -0.930. The normalized spacial score (nSPS) is 13.3. The SMILES string of the molecule is CC(Cc1ccc(C(=O)O)cc1)N(Cc1ccccc1)CC(O)c1csc(N)n1. The van der Waals surface area contributed by atoms with Gasteiger partial charge in [-0.15, -0.1) is 11.3 Å². The third-order valence-corrected chi connectivity index (χ3v) is 5.56. The van der Waals surface area contributed by atoms with Crippen molar-refractivity contribution in [1.29, 1.82) is 0 Å². The highest BCUT2D eigenvalue weighted by Gasteiger charge is 2.21. The molecule has 152 valence electrons. The summed E-state index contributed by atoms with van der Waals surface area (Å²) in [5.41, 5.74) is 8.78. The smallest absolute Gasteiger partial charge is 0.335 e. The van der Waals surface area contributed by atoms with Crippen LogP contribution in [0.3, 0.4) is 0 Å². The molecule has 29 heavy (non-hydrogen) atoms. The van der Waals surface area contributed by atoms with Crippen LogP contribution < -0.4 is 5.73 Å². The molecule has 0 radical (unpaired) electrons. The van der Waals surface area contributed by atoms with E-state index in [4.69, 9.17) is 10.8 Å². The van der Waals surface area contributed by atoms with Crippen LogP contribution in [0.25, 0.3) is 0 Å². The summed E-state index contributed by atoms with van der Waals surface area (Å²) in [6, 6.07) is 17.2. The first-order chi connectivity index (χ1) is 13.9. The minimum absolute atomic E-state index is 0.122. The maximum absolute atomic E-state index is 11.1. The second-order valence-corrected chi connectivity index (χ2v) is 7.99. The molecular formula is C22H25N3O3S. The first-order valence-corrected chi connectivity index (χ1v) is 10.3. The number of thiazole rings is 1. The number of nitrogens with two attached hydrogens (primary N) is 1. The van der Waals surface area contributed by atoms with E-state index in [0.29, 0.717) is 23.9 Å². The molecule has 0 aliphatic rings. The predicted molar refractivity (Wildman–Crippen MR) is 115 cm³/mol. The molecule has 2 atom stereocenters. The van der Waals surface area contributed by atoms with Crippen molar-refractivity contribution in [2.45, 2.75) is 32.0 Å². The molecule has 0 spiro atoms. The lowest BCUT2D eigenvalue weighted by Crippen LogP contribution is -2.37. The van der Waals surface area contributed by atoms with E-state index in [0.717, 1.165) is 17.5 Å². The maximum atomic E-state index is 11.1. The highest BCUT2D eigenvalue weighted by Crippen LogP contribution is 2.22. The average molecular weight is 412 g/mol. The van der Waals surface area contributed by atoms with Gasteiger partial charge in [0.05, 0.1) is 11.3 Å². The van der Waals surface area contributed by atoms with E-state index in [1.165, 1.54) is 11.3 Å². The summed E-state index contributed by atoms with van der Waals surface area (Å²) in [6.07, 6.45) is 0.00246. The Morgan fingerprint density at radius 3 is 2.41 bits per heavy atom. The molecule has 2 aromatic carbocycles. The molecule has 1 heterocycles. The van der Waals surface area contributed by atoms with Gasteiger partial charge in [-0.05, 0) is 36.6 Å². The molecule has 0 amide bonds. The number of benzene rings is 2. The van der Waals surface area contributed by atoms with Crippen molar-refractivity contribution in [2.75, 3.05) is 12.3 Å². The molecule has 7 heteroatoms. The summed E-state index contributed by atoms with van der Waals surface area (Å²) < 4.78 is 0. The zero-order chi connectivity index (χ0) is 20.8. The van der Waals surface area contributed by atoms with Gasteiger partial charge in [-0.2, -0.15) is 0 Å². The van der Waals surface area contributed by atoms with Gasteiger partial charge >= 0.3 is 5.97 Å². The van der Waals surface area contributed by atoms with Crippen LogP contribution in [0.5, 0.6) is 0 Å². The number of aromatic nitrogens is 1. The van der Waals surface area contributed by atoms with Gasteiger partial charge in [0.15, 0.2) is 5.13 Å². The number of nitrogens with zero attached hydrogens (tertiary/aromatic N) is 2. The second-order valence-electron chi connectivity index (χ2n) is 7.10. The van der Waals surface area contributed by atoms with Crippen molar-refractivity contribution in [2.24, 2.45) is 0 Å². The van der Waals surface area contributed by atoms with Crippen molar-refractivity contribution in [1.82, 2.24) is 9.88 Å². The number of aromatic carboxylic acids is 1. The van der Waals surface area contributed by atoms with Crippen LogP contribution in [0.1, 0.15) is 40.2 Å². The van der Waals surface area contributed by atoms with E-state index in [1.54, 1.807) is 17.5 Å². The van der Waals surface area contributed by atoms with Gasteiger partial charge in [0.2, 0.25) is 0 Å². The van der Waals surface area contributed by atoms with E-state index in [-0.39, 0.29) is 11.6 Å². The fourth-order valence-electron chi connectivity index (χ4n) is 3.24. The van der Waals surface area contributed by atoms with Gasteiger partial charge in [0, 0.05) is 24.5 Å². The van der Waals surface area contributed by atoms with Gasteiger partial charge in [-0.1, -0.05) is 42.5 Å². The number of carbonyl (C=O) groups is 1. The van der Waals surface area contributed by atoms with Crippen LogP contribution in [0.15, 0.2) is 60.0 Å². The fourth-order valence-corrected chi connectivity index (χ4v) is 3.85. The first-order valence-electron chi connectivity index (χ1n) is 9.41. The zero-order valence-electron chi connectivity index (χ0n) is 16.2. The van der Waals surface area contributed by atoms with Crippen molar-refractivity contribution in [3.8, 4) is 0 Å². The van der Waals surface area contributed by atoms with Crippen LogP contribution in [-0.4, -0.2) is 38.7 Å². The Hall–Kier alpha value is -2.74. The number of nitrogen functional groups attached to an aromatic ring is 1. The lowest BCUT2D eigenvalue weighted by Gasteiger charge is -2.31. The summed E-state index contributed by atoms with van der Waals surface area (Å²) >= 11 is 1.32. The Kier molecular flexibility index (Phi) is 6.98. The first kappa shape index (κ1) is 21.0. The zero-order valence-corrected chi connectivity index (χ0v) is 17.0. The van der Waals surface area contributed by atoms with Crippen LogP contribution >= 0.6 is 11.3 Å². The summed E-state index contributed by atoms with van der Waals surface area (Å²) in [4.78, 5) is 17.5. The number of rotatable bonds is 9. The number of hydrogen-bond acceptors (Lipinski definition) is 6. The number of hydrogen-bond donors (Lipinski definition) is 3. The molecule has 4 N–H and O–H groups in total. The van der Waals surface area contributed by atoms with E-state index in [1.807, 2.05) is 30.3 Å². The third-order valence-electron chi connectivity index (χ3n) is 4.87.